The van der Waals surface area contributed by atoms with E-state index in [0.29, 0.717) is 0 Å². The van der Waals surface area contributed by atoms with Crippen LogP contribution in [0.3, 0.4) is 0 Å². The molecule has 14 heavy (non-hydrogen) atoms. The Kier molecular flexibility index (Phi) is 4.70. The van der Waals surface area contributed by atoms with Crippen LogP contribution in [-0.4, -0.2) is 36.8 Å². The van der Waals surface area contributed by atoms with Gasteiger partial charge in [-0.25, -0.2) is 0 Å². The maximum atomic E-state index is 8.66. The lowest BCUT2D eigenvalue weighted by molar-refractivity contribution is 0.246. The van der Waals surface area contributed by atoms with Crippen LogP contribution < -0.4 is 0 Å². The molecule has 0 unspecified atom stereocenters. The molecule has 0 amide bonds. The number of rotatable bonds is 6. The lowest BCUT2D eigenvalue weighted by Gasteiger charge is -2.14. The highest BCUT2D eigenvalue weighted by Crippen LogP contribution is 2.07. The average Bonchev–Trinajstić information content (AvgIpc) is 2.58. The number of hydrogen-bond acceptors (Lipinski definition) is 3. The van der Waals surface area contributed by atoms with Gasteiger partial charge in [0.2, 0.25) is 0 Å². The average molecular weight is 197 g/mol. The second kappa shape index (κ2) is 5.83. The third-order valence-electron chi connectivity index (χ3n) is 2.23. The Morgan fingerprint density at radius 1 is 1.36 bits per heavy atom. The maximum absolute atomic E-state index is 8.66. The lowest BCUT2D eigenvalue weighted by Crippen LogP contribution is -2.22. The van der Waals surface area contributed by atoms with Crippen molar-refractivity contribution in [1.82, 2.24) is 4.90 Å². The molecule has 1 aromatic rings. The van der Waals surface area contributed by atoms with Gasteiger partial charge in [-0.15, -0.1) is 0 Å². The van der Waals surface area contributed by atoms with Gasteiger partial charge in [-0.1, -0.05) is 0 Å². The monoisotopic (exact) mass is 197 g/mol. The van der Waals surface area contributed by atoms with E-state index >= 15 is 0 Å². The zero-order chi connectivity index (χ0) is 10.4. The number of likely N-dealkylation sites (N-methyl/N-ethyl adjacent to an activating group) is 1. The molecule has 0 aromatic carbocycles. The highest BCUT2D eigenvalue weighted by Gasteiger charge is 2.01. The summed E-state index contributed by atoms with van der Waals surface area (Å²) >= 11 is 0. The van der Waals surface area contributed by atoms with Gasteiger partial charge in [0.15, 0.2) is 0 Å². The maximum Gasteiger partial charge on any atom is 0.105 e. The molecule has 1 heterocycles. The number of hydrogen-bond donors (Lipinski definition) is 1. The zero-order valence-electron chi connectivity index (χ0n) is 8.99. The summed E-state index contributed by atoms with van der Waals surface area (Å²) in [5, 5.41) is 8.66. The molecule has 1 N–H and O–H groups in total. The normalized spacial score (nSPS) is 11.1. The molecule has 0 radical (unpaired) electrons. The highest BCUT2D eigenvalue weighted by molar-refractivity contribution is 5.05. The van der Waals surface area contributed by atoms with E-state index in [1.807, 2.05) is 19.1 Å². The summed E-state index contributed by atoms with van der Waals surface area (Å²) in [4.78, 5) is 2.20. The molecule has 0 saturated heterocycles. The Balaban J connectivity index is 2.20. The van der Waals surface area contributed by atoms with Crippen molar-refractivity contribution < 1.29 is 9.52 Å². The number of furan rings is 1. The molecule has 0 fully saturated rings. The molecular formula is C11H19NO2. The fourth-order valence-electron chi connectivity index (χ4n) is 1.37. The minimum absolute atomic E-state index is 0.268. The van der Waals surface area contributed by atoms with Gasteiger partial charge >= 0.3 is 0 Å². The molecule has 0 atom stereocenters. The van der Waals surface area contributed by atoms with Crippen LogP contribution in [0.5, 0.6) is 0 Å². The molecule has 3 heteroatoms. The summed E-state index contributed by atoms with van der Waals surface area (Å²) < 4.78 is 5.46. The molecule has 0 aliphatic rings. The van der Waals surface area contributed by atoms with Crippen molar-refractivity contribution in [2.45, 2.75) is 19.8 Å². The molecule has 0 aliphatic carbocycles. The van der Waals surface area contributed by atoms with Crippen LogP contribution in [0.1, 0.15) is 17.9 Å². The molecule has 3 nitrogen and oxygen atoms in total. The van der Waals surface area contributed by atoms with Crippen LogP contribution in [0, 0.1) is 6.92 Å². The molecule has 80 valence electrons. The standard InChI is InChI=1S/C11H19NO2/c1-10-4-5-11(14-10)6-8-12(2)7-3-9-13/h4-5,13H,3,6-9H2,1-2H3. The smallest absolute Gasteiger partial charge is 0.105 e. The van der Waals surface area contributed by atoms with E-state index in [2.05, 4.69) is 11.9 Å². The number of nitrogens with zero attached hydrogens (tertiary/aromatic N) is 1. The van der Waals surface area contributed by atoms with Crippen molar-refractivity contribution in [1.29, 1.82) is 0 Å². The molecule has 1 rings (SSSR count). The van der Waals surface area contributed by atoms with Crippen molar-refractivity contribution in [3.05, 3.63) is 23.7 Å². The van der Waals surface area contributed by atoms with Crippen LogP contribution in [0.2, 0.25) is 0 Å². The van der Waals surface area contributed by atoms with Gasteiger partial charge in [-0.2, -0.15) is 0 Å². The summed E-state index contributed by atoms with van der Waals surface area (Å²) in [5.74, 6) is 2.01. The Morgan fingerprint density at radius 2 is 2.14 bits per heavy atom. The van der Waals surface area contributed by atoms with Gasteiger partial charge in [-0.3, -0.25) is 0 Å². The SMILES string of the molecule is Cc1ccc(CCN(C)CCCO)o1. The van der Waals surface area contributed by atoms with Gasteiger partial charge in [0.1, 0.15) is 11.5 Å². The van der Waals surface area contributed by atoms with E-state index in [9.17, 15) is 0 Å². The van der Waals surface area contributed by atoms with Crippen LogP contribution >= 0.6 is 0 Å². The molecule has 0 bridgehead atoms. The fraction of sp³-hybridized carbons (Fsp3) is 0.636. The topological polar surface area (TPSA) is 36.6 Å². The second-order valence-electron chi connectivity index (χ2n) is 3.64. The summed E-state index contributed by atoms with van der Waals surface area (Å²) in [6.07, 6.45) is 1.78. The summed E-state index contributed by atoms with van der Waals surface area (Å²) in [7, 11) is 2.06. The summed E-state index contributed by atoms with van der Waals surface area (Å²) in [5.41, 5.74) is 0. The highest BCUT2D eigenvalue weighted by atomic mass is 16.3. The van der Waals surface area contributed by atoms with E-state index in [1.54, 1.807) is 0 Å². The fourth-order valence-corrected chi connectivity index (χ4v) is 1.37. The first-order valence-electron chi connectivity index (χ1n) is 5.07. The van der Waals surface area contributed by atoms with E-state index < -0.39 is 0 Å². The quantitative estimate of drug-likeness (QED) is 0.749. The van der Waals surface area contributed by atoms with Crippen LogP contribution in [0.15, 0.2) is 16.5 Å². The van der Waals surface area contributed by atoms with E-state index in [0.717, 1.165) is 37.5 Å². The Hall–Kier alpha value is -0.800. The van der Waals surface area contributed by atoms with E-state index in [1.165, 1.54) is 0 Å². The Morgan fingerprint density at radius 3 is 2.71 bits per heavy atom. The number of aliphatic hydroxyl groups excluding tert-OH is 1. The third-order valence-corrected chi connectivity index (χ3v) is 2.23. The number of aliphatic hydroxyl groups is 1. The Labute approximate surface area is 85.3 Å². The third kappa shape index (κ3) is 3.94. The molecular weight excluding hydrogens is 178 g/mol. The first-order valence-corrected chi connectivity index (χ1v) is 5.07. The van der Waals surface area contributed by atoms with Gasteiger partial charge in [0, 0.05) is 26.1 Å². The second-order valence-corrected chi connectivity index (χ2v) is 3.64. The van der Waals surface area contributed by atoms with Crippen molar-refractivity contribution in [2.75, 3.05) is 26.7 Å². The minimum atomic E-state index is 0.268. The molecule has 0 saturated carbocycles. The van der Waals surface area contributed by atoms with E-state index in [4.69, 9.17) is 9.52 Å². The van der Waals surface area contributed by atoms with Crippen LogP contribution in [0.4, 0.5) is 0 Å². The van der Waals surface area contributed by atoms with Crippen molar-refractivity contribution in [2.24, 2.45) is 0 Å². The van der Waals surface area contributed by atoms with Crippen LogP contribution in [0.25, 0.3) is 0 Å². The predicted molar refractivity (Wildman–Crippen MR) is 56.3 cm³/mol. The van der Waals surface area contributed by atoms with Gasteiger partial charge in [0.05, 0.1) is 0 Å². The lowest BCUT2D eigenvalue weighted by atomic mass is 10.3. The largest absolute Gasteiger partial charge is 0.466 e. The summed E-state index contributed by atoms with van der Waals surface area (Å²) in [6.45, 7) is 4.15. The molecule has 1 aromatic heterocycles. The Bertz CT molecular complexity index is 258. The van der Waals surface area contributed by atoms with Crippen molar-refractivity contribution >= 4 is 0 Å². The molecule has 0 spiro atoms. The first-order chi connectivity index (χ1) is 6.72. The number of aryl methyl sites for hydroxylation is 1. The van der Waals surface area contributed by atoms with E-state index in [-0.39, 0.29) is 6.61 Å². The van der Waals surface area contributed by atoms with Gasteiger partial charge in [0.25, 0.3) is 0 Å². The van der Waals surface area contributed by atoms with Gasteiger partial charge in [-0.05, 0) is 32.5 Å². The first kappa shape index (κ1) is 11.3. The zero-order valence-corrected chi connectivity index (χ0v) is 8.99. The summed E-state index contributed by atoms with van der Waals surface area (Å²) in [6, 6.07) is 4.01. The van der Waals surface area contributed by atoms with Crippen molar-refractivity contribution in [3.63, 3.8) is 0 Å². The molecule has 0 aliphatic heterocycles. The van der Waals surface area contributed by atoms with Crippen LogP contribution in [-0.2, 0) is 6.42 Å². The van der Waals surface area contributed by atoms with Crippen molar-refractivity contribution in [3.8, 4) is 0 Å². The predicted octanol–water partition coefficient (Wildman–Crippen LogP) is 1.44. The van der Waals surface area contributed by atoms with Gasteiger partial charge < -0.3 is 14.4 Å². The minimum Gasteiger partial charge on any atom is -0.466 e.